The third kappa shape index (κ3) is 3.76. The molecule has 7 nitrogen and oxygen atoms in total. The highest BCUT2D eigenvalue weighted by molar-refractivity contribution is 8.00. The summed E-state index contributed by atoms with van der Waals surface area (Å²) in [5.41, 5.74) is 1.52. The van der Waals surface area contributed by atoms with E-state index in [1.807, 2.05) is 42.5 Å². The van der Waals surface area contributed by atoms with Gasteiger partial charge in [-0.05, 0) is 64.8 Å². The number of H-pyrrole nitrogens is 1. The lowest BCUT2D eigenvalue weighted by Crippen LogP contribution is -2.42. The maximum Gasteiger partial charge on any atom is 0.305 e. The Morgan fingerprint density at radius 3 is 2.46 bits per heavy atom. The Morgan fingerprint density at radius 1 is 0.951 bits per heavy atom. The van der Waals surface area contributed by atoms with E-state index in [1.54, 1.807) is 23.9 Å². The lowest BCUT2D eigenvalue weighted by atomic mass is 9.68. The summed E-state index contributed by atoms with van der Waals surface area (Å²) in [7, 11) is 0. The standard InChI is InChI=1S/C31H24FN3O4S2/c32-17-8-5-15(6-9-17)22-23-19-12-20(26(23)40-28-27(22)41-31(39)34-28)25-24(19)29(37)35(30(25)38)13-21(36)33-18-10-7-14-3-1-2-4-16(14)11-18/h1-11,19-20,22-26H,12-13H2,(H,33,36)(H,34,39)/t19?,20?,22-,23?,24?,25?,26?/m1/s1. The van der Waals surface area contributed by atoms with Crippen LogP contribution in [0, 0.1) is 35.4 Å². The van der Waals surface area contributed by atoms with Gasteiger partial charge in [-0.25, -0.2) is 4.39 Å². The van der Waals surface area contributed by atoms with Gasteiger partial charge in [0.1, 0.15) is 12.4 Å². The molecule has 6 unspecified atom stereocenters. The molecule has 0 radical (unpaired) electrons. The maximum atomic E-state index is 13.8. The number of fused-ring (bicyclic) bond motifs is 10. The molecule has 1 saturated heterocycles. The highest BCUT2D eigenvalue weighted by atomic mass is 32.2. The van der Waals surface area contributed by atoms with Gasteiger partial charge < -0.3 is 10.3 Å². The number of nitrogens with zero attached hydrogens (tertiary/aromatic N) is 1. The summed E-state index contributed by atoms with van der Waals surface area (Å²) >= 11 is 2.77. The number of aromatic nitrogens is 1. The summed E-state index contributed by atoms with van der Waals surface area (Å²) < 4.78 is 13.8. The van der Waals surface area contributed by atoms with E-state index in [9.17, 15) is 23.6 Å². The quantitative estimate of drug-likeness (QED) is 0.334. The predicted molar refractivity (Wildman–Crippen MR) is 154 cm³/mol. The van der Waals surface area contributed by atoms with Crippen molar-refractivity contribution >= 4 is 57.3 Å². The monoisotopic (exact) mass is 585 g/mol. The number of carbonyl (C=O) groups excluding carboxylic acids is 3. The van der Waals surface area contributed by atoms with Crippen molar-refractivity contribution in [3.8, 4) is 0 Å². The molecule has 8 rings (SSSR count). The average Bonchev–Trinajstić information content (AvgIpc) is 3.69. The number of amides is 3. The number of nitrogens with one attached hydrogen (secondary N) is 2. The lowest BCUT2D eigenvalue weighted by molar-refractivity contribution is -0.143. The summed E-state index contributed by atoms with van der Waals surface area (Å²) in [6, 6.07) is 19.8. The summed E-state index contributed by atoms with van der Waals surface area (Å²) in [4.78, 5) is 57.7. The van der Waals surface area contributed by atoms with Crippen molar-refractivity contribution in [3.05, 3.63) is 92.7 Å². The predicted octanol–water partition coefficient (Wildman–Crippen LogP) is 4.84. The van der Waals surface area contributed by atoms with Crippen molar-refractivity contribution in [3.63, 3.8) is 0 Å². The highest BCUT2D eigenvalue weighted by Gasteiger charge is 2.69. The van der Waals surface area contributed by atoms with Crippen LogP contribution < -0.4 is 10.2 Å². The molecule has 4 aliphatic rings. The summed E-state index contributed by atoms with van der Waals surface area (Å²) in [6.07, 6.45) is 0.753. The van der Waals surface area contributed by atoms with E-state index in [1.165, 1.54) is 23.5 Å². The number of likely N-dealkylation sites (tertiary alicyclic amines) is 1. The first kappa shape index (κ1) is 25.0. The molecular formula is C31H24FN3O4S2. The molecule has 2 N–H and O–H groups in total. The van der Waals surface area contributed by atoms with Gasteiger partial charge in [0, 0.05) is 21.7 Å². The summed E-state index contributed by atoms with van der Waals surface area (Å²) in [6.45, 7) is -0.318. The normalized spacial score (nSPS) is 29.5. The van der Waals surface area contributed by atoms with Crippen LogP contribution in [0.15, 0.2) is 76.6 Å². The van der Waals surface area contributed by atoms with Crippen molar-refractivity contribution in [1.82, 2.24) is 9.88 Å². The Balaban J connectivity index is 1.07. The first-order valence-electron chi connectivity index (χ1n) is 13.7. The van der Waals surface area contributed by atoms with Gasteiger partial charge in [0.2, 0.25) is 17.7 Å². The van der Waals surface area contributed by atoms with Gasteiger partial charge in [0.25, 0.3) is 0 Å². The first-order valence-corrected chi connectivity index (χ1v) is 15.4. The molecule has 2 aliphatic heterocycles. The number of hydrogen-bond donors (Lipinski definition) is 2. The molecule has 41 heavy (non-hydrogen) atoms. The minimum Gasteiger partial charge on any atom is -0.325 e. The number of rotatable bonds is 4. The van der Waals surface area contributed by atoms with Gasteiger partial charge in [-0.1, -0.05) is 53.8 Å². The molecule has 1 aromatic heterocycles. The topological polar surface area (TPSA) is 99.3 Å². The molecule has 4 aromatic rings. The summed E-state index contributed by atoms with van der Waals surface area (Å²) in [5.74, 6) is -2.48. The molecule has 206 valence electrons. The Labute approximate surface area is 242 Å². The van der Waals surface area contributed by atoms with Crippen LogP contribution in [0.1, 0.15) is 22.8 Å². The lowest BCUT2D eigenvalue weighted by Gasteiger charge is -2.43. The maximum absolute atomic E-state index is 13.8. The number of aromatic amines is 1. The van der Waals surface area contributed by atoms with E-state index < -0.39 is 17.7 Å². The number of hydrogen-bond acceptors (Lipinski definition) is 6. The number of carbonyl (C=O) groups is 3. The van der Waals surface area contributed by atoms with E-state index in [4.69, 9.17) is 0 Å². The van der Waals surface area contributed by atoms with E-state index >= 15 is 0 Å². The van der Waals surface area contributed by atoms with Gasteiger partial charge in [0.15, 0.2) is 0 Å². The molecule has 2 saturated carbocycles. The molecule has 10 heteroatoms. The van der Waals surface area contributed by atoms with Crippen molar-refractivity contribution in [2.24, 2.45) is 29.6 Å². The van der Waals surface area contributed by atoms with E-state index in [2.05, 4.69) is 10.3 Å². The molecule has 3 fully saturated rings. The molecule has 3 aromatic carbocycles. The third-order valence-corrected chi connectivity index (χ3v) is 12.0. The van der Waals surface area contributed by atoms with Crippen LogP contribution >= 0.6 is 23.1 Å². The third-order valence-electron chi connectivity index (χ3n) is 9.38. The molecule has 2 aliphatic carbocycles. The van der Waals surface area contributed by atoms with E-state index in [0.29, 0.717) is 5.69 Å². The number of halogens is 1. The SMILES string of the molecule is O=C(CN1C(=O)C2C3CC(C2C1=O)C1C3Sc2[nH]c(=O)sc2[C@@H]1c1ccc(F)cc1)Nc1ccc2ccccc2c1. The van der Waals surface area contributed by atoms with Gasteiger partial charge in [-0.3, -0.25) is 24.1 Å². The van der Waals surface area contributed by atoms with Gasteiger partial charge in [0.05, 0.1) is 16.9 Å². The zero-order valence-corrected chi connectivity index (χ0v) is 23.2. The first-order chi connectivity index (χ1) is 19.9. The van der Waals surface area contributed by atoms with Crippen LogP contribution in [0.4, 0.5) is 10.1 Å². The number of thiazole rings is 1. The zero-order valence-electron chi connectivity index (χ0n) is 21.6. The average molecular weight is 586 g/mol. The van der Waals surface area contributed by atoms with Gasteiger partial charge >= 0.3 is 4.87 Å². The molecule has 2 bridgehead atoms. The largest absolute Gasteiger partial charge is 0.325 e. The molecular weight excluding hydrogens is 561 g/mol. The Kier molecular flexibility index (Phi) is 5.56. The fourth-order valence-electron chi connectivity index (χ4n) is 7.89. The van der Waals surface area contributed by atoms with Crippen molar-refractivity contribution in [2.75, 3.05) is 11.9 Å². The van der Waals surface area contributed by atoms with Crippen molar-refractivity contribution in [2.45, 2.75) is 22.6 Å². The van der Waals surface area contributed by atoms with Gasteiger partial charge in [-0.15, -0.1) is 11.8 Å². The van der Waals surface area contributed by atoms with E-state index in [0.717, 1.165) is 37.6 Å². The summed E-state index contributed by atoms with van der Waals surface area (Å²) in [5, 5.41) is 5.73. The molecule has 3 amide bonds. The molecule has 3 heterocycles. The molecule has 7 atom stereocenters. The number of benzene rings is 3. The zero-order chi connectivity index (χ0) is 28.0. The Bertz CT molecular complexity index is 1820. The molecule has 0 spiro atoms. The van der Waals surface area contributed by atoms with Crippen molar-refractivity contribution in [1.29, 1.82) is 0 Å². The van der Waals surface area contributed by atoms with Crippen LogP contribution in [0.5, 0.6) is 0 Å². The number of imide groups is 1. The smallest absolute Gasteiger partial charge is 0.305 e. The Hall–Kier alpha value is -3.76. The highest BCUT2D eigenvalue weighted by Crippen LogP contribution is 2.68. The van der Waals surface area contributed by atoms with Crippen LogP contribution in [0.25, 0.3) is 10.8 Å². The van der Waals surface area contributed by atoms with Gasteiger partial charge in [-0.2, -0.15) is 0 Å². The fourth-order valence-corrected chi connectivity index (χ4v) is 10.8. The Morgan fingerprint density at radius 2 is 1.68 bits per heavy atom. The minimum absolute atomic E-state index is 0.0267. The number of thioether (sulfide) groups is 1. The second kappa shape index (κ2) is 9.12. The van der Waals surface area contributed by atoms with Crippen LogP contribution in [0.2, 0.25) is 0 Å². The van der Waals surface area contributed by atoms with Crippen molar-refractivity contribution < 1.29 is 18.8 Å². The fraction of sp³-hybridized carbons (Fsp3) is 0.290. The number of anilines is 1. The van der Waals surface area contributed by atoms with Crippen LogP contribution in [-0.4, -0.2) is 39.4 Å². The van der Waals surface area contributed by atoms with Crippen LogP contribution in [0.3, 0.4) is 0 Å². The van der Waals surface area contributed by atoms with Crippen LogP contribution in [-0.2, 0) is 14.4 Å². The second-order valence-electron chi connectivity index (χ2n) is 11.4. The van der Waals surface area contributed by atoms with E-state index in [-0.39, 0.29) is 58.0 Å². The minimum atomic E-state index is -0.483. The second-order valence-corrected chi connectivity index (χ2v) is 13.6.